The van der Waals surface area contributed by atoms with Crippen LogP contribution in [0.15, 0.2) is 18.2 Å². The van der Waals surface area contributed by atoms with Crippen molar-refractivity contribution in [1.29, 1.82) is 0 Å². The Morgan fingerprint density at radius 3 is 2.81 bits per heavy atom. The second kappa shape index (κ2) is 5.93. The number of hydrogen-bond acceptors (Lipinski definition) is 3. The van der Waals surface area contributed by atoms with E-state index in [1.54, 1.807) is 0 Å². The minimum Gasteiger partial charge on any atom is -0.396 e. The molecule has 2 heterocycles. The Bertz CT molecular complexity index is 524. The molecule has 2 N–H and O–H groups in total. The molecule has 3 rings (SSSR count). The lowest BCUT2D eigenvalue weighted by molar-refractivity contribution is 0.143. The van der Waals surface area contributed by atoms with Crippen LogP contribution in [-0.4, -0.2) is 49.3 Å². The number of benzene rings is 1. The lowest BCUT2D eigenvalue weighted by atomic mass is 9.98. The number of likely N-dealkylation sites (tertiary alicyclic amines) is 1. The molecule has 0 bridgehead atoms. The van der Waals surface area contributed by atoms with Gasteiger partial charge in [0.25, 0.3) is 0 Å². The number of nitrogens with zero attached hydrogens (tertiary/aromatic N) is 2. The normalized spacial score (nSPS) is 18.8. The van der Waals surface area contributed by atoms with Crippen LogP contribution in [0, 0.1) is 5.92 Å². The molecule has 1 saturated heterocycles. The summed E-state index contributed by atoms with van der Waals surface area (Å²) in [6.07, 6.45) is 2.85. The Hall–Kier alpha value is -1.75. The largest absolute Gasteiger partial charge is 0.396 e. The van der Waals surface area contributed by atoms with E-state index in [1.165, 1.54) is 11.3 Å². The van der Waals surface area contributed by atoms with Crippen LogP contribution >= 0.6 is 0 Å². The standard InChI is InChI=1S/C16H23N3O2/c1-18-7-6-13-2-3-14(10-15(13)18)17-16(21)19-8-4-12(11-20)5-9-19/h2-3,10,12,20H,4-9,11H2,1H3,(H,17,21). The summed E-state index contributed by atoms with van der Waals surface area (Å²) in [5, 5.41) is 12.1. The molecule has 2 aliphatic heterocycles. The van der Waals surface area contributed by atoms with Gasteiger partial charge in [-0.25, -0.2) is 4.79 Å². The van der Waals surface area contributed by atoms with Gasteiger partial charge in [-0.15, -0.1) is 0 Å². The van der Waals surface area contributed by atoms with Gasteiger partial charge in [-0.2, -0.15) is 0 Å². The maximum atomic E-state index is 12.3. The smallest absolute Gasteiger partial charge is 0.321 e. The number of likely N-dealkylation sites (N-methyl/N-ethyl adjacent to an activating group) is 1. The summed E-state index contributed by atoms with van der Waals surface area (Å²) >= 11 is 0. The van der Waals surface area contributed by atoms with Crippen molar-refractivity contribution in [3.05, 3.63) is 23.8 Å². The van der Waals surface area contributed by atoms with Crippen LogP contribution in [0.1, 0.15) is 18.4 Å². The van der Waals surface area contributed by atoms with Gasteiger partial charge < -0.3 is 20.2 Å². The maximum absolute atomic E-state index is 12.3. The van der Waals surface area contributed by atoms with Crippen molar-refractivity contribution in [1.82, 2.24) is 4.90 Å². The molecule has 0 spiro atoms. The van der Waals surface area contributed by atoms with Gasteiger partial charge >= 0.3 is 6.03 Å². The van der Waals surface area contributed by atoms with E-state index in [0.29, 0.717) is 5.92 Å². The highest BCUT2D eigenvalue weighted by Gasteiger charge is 2.23. The van der Waals surface area contributed by atoms with Crippen LogP contribution in [0.4, 0.5) is 16.2 Å². The molecule has 2 amide bonds. The van der Waals surface area contributed by atoms with Crippen molar-refractivity contribution in [3.63, 3.8) is 0 Å². The average Bonchev–Trinajstić information content (AvgIpc) is 2.88. The Kier molecular flexibility index (Phi) is 4.01. The molecule has 1 fully saturated rings. The van der Waals surface area contributed by atoms with Crippen LogP contribution in [0.2, 0.25) is 0 Å². The van der Waals surface area contributed by atoms with Crippen LogP contribution < -0.4 is 10.2 Å². The van der Waals surface area contributed by atoms with E-state index in [4.69, 9.17) is 5.11 Å². The number of amides is 2. The highest BCUT2D eigenvalue weighted by atomic mass is 16.3. The molecule has 5 nitrogen and oxygen atoms in total. The predicted octanol–water partition coefficient (Wildman–Crippen LogP) is 1.92. The molecule has 1 aromatic rings. The Labute approximate surface area is 125 Å². The average molecular weight is 289 g/mol. The Morgan fingerprint density at radius 1 is 1.33 bits per heavy atom. The van der Waals surface area contributed by atoms with Crippen LogP contribution in [0.3, 0.4) is 0 Å². The maximum Gasteiger partial charge on any atom is 0.321 e. The summed E-state index contributed by atoms with van der Waals surface area (Å²) in [4.78, 5) is 16.3. The molecule has 21 heavy (non-hydrogen) atoms. The highest BCUT2D eigenvalue weighted by Crippen LogP contribution is 2.29. The number of rotatable bonds is 2. The summed E-state index contributed by atoms with van der Waals surface area (Å²) in [7, 11) is 2.08. The molecule has 0 aromatic heterocycles. The van der Waals surface area contributed by atoms with Gasteiger partial charge in [-0.3, -0.25) is 0 Å². The van der Waals surface area contributed by atoms with E-state index in [9.17, 15) is 4.79 Å². The fourth-order valence-electron chi connectivity index (χ4n) is 3.14. The molecule has 0 atom stereocenters. The van der Waals surface area contributed by atoms with E-state index in [1.807, 2.05) is 11.0 Å². The van der Waals surface area contributed by atoms with Gasteiger partial charge in [0.15, 0.2) is 0 Å². The van der Waals surface area contributed by atoms with Gasteiger partial charge in [0.1, 0.15) is 0 Å². The molecule has 0 aliphatic carbocycles. The van der Waals surface area contributed by atoms with Crippen LogP contribution in [0.5, 0.6) is 0 Å². The first-order valence-electron chi connectivity index (χ1n) is 7.68. The fourth-order valence-corrected chi connectivity index (χ4v) is 3.14. The molecule has 1 aromatic carbocycles. The summed E-state index contributed by atoms with van der Waals surface area (Å²) in [5.74, 6) is 0.350. The van der Waals surface area contributed by atoms with Gasteiger partial charge in [0.05, 0.1) is 0 Å². The minimum absolute atomic E-state index is 0.0352. The highest BCUT2D eigenvalue weighted by molar-refractivity contribution is 5.90. The number of piperidine rings is 1. The van der Waals surface area contributed by atoms with Crippen molar-refractivity contribution in [2.45, 2.75) is 19.3 Å². The quantitative estimate of drug-likeness (QED) is 0.874. The second-order valence-corrected chi connectivity index (χ2v) is 6.06. The third-order valence-corrected chi connectivity index (χ3v) is 4.62. The van der Waals surface area contributed by atoms with Gasteiger partial charge in [0.2, 0.25) is 0 Å². The SMILES string of the molecule is CN1CCc2ccc(NC(=O)N3CCC(CO)CC3)cc21. The molecule has 0 unspecified atom stereocenters. The third-order valence-electron chi connectivity index (χ3n) is 4.62. The summed E-state index contributed by atoms with van der Waals surface area (Å²) in [6.45, 7) is 2.72. The number of anilines is 2. The molecule has 0 radical (unpaired) electrons. The van der Waals surface area contributed by atoms with E-state index in [-0.39, 0.29) is 12.6 Å². The number of nitrogens with one attached hydrogen (secondary N) is 1. The number of aliphatic hydroxyl groups excluding tert-OH is 1. The number of carbonyl (C=O) groups excluding carboxylic acids is 1. The van der Waals surface area contributed by atoms with Crippen LogP contribution in [-0.2, 0) is 6.42 Å². The first-order valence-corrected chi connectivity index (χ1v) is 7.68. The number of urea groups is 1. The third kappa shape index (κ3) is 2.97. The zero-order chi connectivity index (χ0) is 14.8. The van der Waals surface area contributed by atoms with Crippen LogP contribution in [0.25, 0.3) is 0 Å². The van der Waals surface area contributed by atoms with E-state index >= 15 is 0 Å². The molecule has 5 heteroatoms. The summed E-state index contributed by atoms with van der Waals surface area (Å²) in [6, 6.07) is 6.11. The summed E-state index contributed by atoms with van der Waals surface area (Å²) in [5.41, 5.74) is 3.42. The zero-order valence-electron chi connectivity index (χ0n) is 12.5. The second-order valence-electron chi connectivity index (χ2n) is 6.06. The Balaban J connectivity index is 1.62. The van der Waals surface area contributed by atoms with Gasteiger partial charge in [-0.05, 0) is 42.9 Å². The van der Waals surface area contributed by atoms with Crippen molar-refractivity contribution < 1.29 is 9.90 Å². The number of carbonyl (C=O) groups is 1. The van der Waals surface area contributed by atoms with Gasteiger partial charge in [0, 0.05) is 44.7 Å². The first kappa shape index (κ1) is 14.2. The van der Waals surface area contributed by atoms with Gasteiger partial charge in [-0.1, -0.05) is 6.07 Å². The lowest BCUT2D eigenvalue weighted by Gasteiger charge is -2.31. The molecule has 114 valence electrons. The van der Waals surface area contributed by atoms with Crippen molar-refractivity contribution in [3.8, 4) is 0 Å². The first-order chi connectivity index (χ1) is 10.2. The minimum atomic E-state index is -0.0352. The van der Waals surface area contributed by atoms with Crippen molar-refractivity contribution in [2.75, 3.05) is 43.5 Å². The number of aliphatic hydroxyl groups is 1. The molecular formula is C16H23N3O2. The Morgan fingerprint density at radius 2 is 2.10 bits per heavy atom. The predicted molar refractivity (Wildman–Crippen MR) is 83.8 cm³/mol. The van der Waals surface area contributed by atoms with E-state index in [0.717, 1.165) is 44.6 Å². The molecule has 0 saturated carbocycles. The number of fused-ring (bicyclic) bond motifs is 1. The fraction of sp³-hybridized carbons (Fsp3) is 0.562. The molecule has 2 aliphatic rings. The topological polar surface area (TPSA) is 55.8 Å². The summed E-state index contributed by atoms with van der Waals surface area (Å²) < 4.78 is 0. The zero-order valence-corrected chi connectivity index (χ0v) is 12.5. The van der Waals surface area contributed by atoms with E-state index < -0.39 is 0 Å². The monoisotopic (exact) mass is 289 g/mol. The molecular weight excluding hydrogens is 266 g/mol. The van der Waals surface area contributed by atoms with Crippen molar-refractivity contribution in [2.24, 2.45) is 5.92 Å². The van der Waals surface area contributed by atoms with Crippen molar-refractivity contribution >= 4 is 17.4 Å². The number of hydrogen-bond donors (Lipinski definition) is 2. The lowest BCUT2D eigenvalue weighted by Crippen LogP contribution is -2.41. The van der Waals surface area contributed by atoms with E-state index in [2.05, 4.69) is 29.4 Å².